The summed E-state index contributed by atoms with van der Waals surface area (Å²) in [6, 6.07) is 0. The average Bonchev–Trinajstić information content (AvgIpc) is 2.79. The minimum absolute atomic E-state index is 0.0193. The van der Waals surface area contributed by atoms with Crippen LogP contribution in [0.15, 0.2) is 4.52 Å². The maximum atomic E-state index is 10.6. The summed E-state index contributed by atoms with van der Waals surface area (Å²) in [6.45, 7) is 9.79. The number of aliphatic carboxylic acids is 1. The fourth-order valence-electron chi connectivity index (χ4n) is 1.99. The van der Waals surface area contributed by atoms with Gasteiger partial charge in [0.15, 0.2) is 5.82 Å². The Hall–Kier alpha value is -1.43. The number of carbonyl (C=O) groups is 1. The van der Waals surface area contributed by atoms with E-state index >= 15 is 0 Å². The number of carboxylic acid groups (broad SMARTS) is 1. The molecule has 0 aliphatic carbocycles. The first-order valence-corrected chi connectivity index (χ1v) is 7.52. The van der Waals surface area contributed by atoms with Gasteiger partial charge in [-0.2, -0.15) is 4.98 Å². The maximum absolute atomic E-state index is 10.6. The molecule has 0 unspecified atom stereocenters. The molecule has 0 fully saturated rings. The second-order valence-corrected chi connectivity index (χ2v) is 6.69. The normalized spacial score (nSPS) is 12.0. The minimum Gasteiger partial charge on any atom is -0.481 e. The molecule has 0 spiro atoms. The predicted molar refractivity (Wildman–Crippen MR) is 79.8 cm³/mol. The van der Waals surface area contributed by atoms with Crippen LogP contribution < -0.4 is 5.32 Å². The highest BCUT2D eigenvalue weighted by Gasteiger charge is 2.18. The number of hydrogen-bond donors (Lipinski definition) is 2. The van der Waals surface area contributed by atoms with Gasteiger partial charge in [-0.05, 0) is 30.7 Å². The second-order valence-electron chi connectivity index (χ2n) is 6.69. The Morgan fingerprint density at radius 1 is 1.38 bits per heavy atom. The van der Waals surface area contributed by atoms with Gasteiger partial charge in [-0.3, -0.25) is 4.79 Å². The van der Waals surface area contributed by atoms with Gasteiger partial charge >= 0.3 is 5.97 Å². The molecule has 1 rings (SSSR count). The highest BCUT2D eigenvalue weighted by atomic mass is 16.5. The van der Waals surface area contributed by atoms with E-state index in [0.717, 1.165) is 19.4 Å². The highest BCUT2D eigenvalue weighted by molar-refractivity contribution is 5.66. The number of rotatable bonds is 10. The van der Waals surface area contributed by atoms with E-state index in [1.807, 2.05) is 0 Å². The first-order valence-electron chi connectivity index (χ1n) is 7.52. The van der Waals surface area contributed by atoms with Crippen LogP contribution >= 0.6 is 0 Å². The van der Waals surface area contributed by atoms with Crippen molar-refractivity contribution in [3.63, 3.8) is 0 Å². The fraction of sp³-hybridized carbons (Fsp3) is 0.800. The third-order valence-electron chi connectivity index (χ3n) is 3.37. The van der Waals surface area contributed by atoms with Gasteiger partial charge in [0.2, 0.25) is 5.89 Å². The summed E-state index contributed by atoms with van der Waals surface area (Å²) in [6.07, 6.45) is 2.62. The van der Waals surface area contributed by atoms with Gasteiger partial charge in [0.25, 0.3) is 0 Å². The van der Waals surface area contributed by atoms with Crippen molar-refractivity contribution in [1.82, 2.24) is 15.5 Å². The summed E-state index contributed by atoms with van der Waals surface area (Å²) >= 11 is 0. The smallest absolute Gasteiger partial charge is 0.303 e. The van der Waals surface area contributed by atoms with Crippen molar-refractivity contribution >= 4 is 5.97 Å². The molecule has 0 aliphatic heterocycles. The van der Waals surface area contributed by atoms with Crippen LogP contribution in [0.3, 0.4) is 0 Å². The monoisotopic (exact) mass is 297 g/mol. The van der Waals surface area contributed by atoms with Gasteiger partial charge in [0.05, 0.1) is 6.54 Å². The maximum Gasteiger partial charge on any atom is 0.303 e. The van der Waals surface area contributed by atoms with Crippen molar-refractivity contribution < 1.29 is 14.4 Å². The van der Waals surface area contributed by atoms with Gasteiger partial charge in [-0.1, -0.05) is 32.9 Å². The molecule has 0 atom stereocenters. The summed E-state index contributed by atoms with van der Waals surface area (Å²) in [5, 5.41) is 15.9. The molecule has 6 heteroatoms. The summed E-state index contributed by atoms with van der Waals surface area (Å²) in [5.74, 6) is 1.12. The van der Waals surface area contributed by atoms with Crippen LogP contribution in [0.25, 0.3) is 0 Å². The van der Waals surface area contributed by atoms with Crippen LogP contribution in [0.2, 0.25) is 0 Å². The van der Waals surface area contributed by atoms with Gasteiger partial charge < -0.3 is 14.9 Å². The van der Waals surface area contributed by atoms with E-state index in [4.69, 9.17) is 9.63 Å². The van der Waals surface area contributed by atoms with Crippen molar-refractivity contribution in [2.24, 2.45) is 11.3 Å². The molecule has 1 aromatic heterocycles. The van der Waals surface area contributed by atoms with Crippen LogP contribution in [0.4, 0.5) is 0 Å². The first kappa shape index (κ1) is 17.6. The van der Waals surface area contributed by atoms with Crippen LogP contribution in [-0.4, -0.2) is 27.8 Å². The quantitative estimate of drug-likeness (QED) is 0.645. The van der Waals surface area contributed by atoms with Crippen LogP contribution in [-0.2, 0) is 17.8 Å². The lowest BCUT2D eigenvalue weighted by Crippen LogP contribution is -2.23. The first-order chi connectivity index (χ1) is 9.78. The minimum atomic E-state index is -0.736. The Kier molecular flexibility index (Phi) is 6.81. The summed E-state index contributed by atoms with van der Waals surface area (Å²) < 4.78 is 5.17. The van der Waals surface area contributed by atoms with Crippen LogP contribution in [0, 0.1) is 11.3 Å². The number of hydrogen-bond acceptors (Lipinski definition) is 5. The van der Waals surface area contributed by atoms with E-state index in [-0.39, 0.29) is 11.8 Å². The zero-order chi connectivity index (χ0) is 15.9. The number of carboxylic acids is 1. The standard InChI is InChI=1S/C15H27N3O3/c1-11(2)9-13-17-12(18-21-13)10-16-8-7-15(3,4)6-5-14(19)20/h11,16H,5-10H2,1-4H3,(H,19,20). The molecular weight excluding hydrogens is 270 g/mol. The zero-order valence-corrected chi connectivity index (χ0v) is 13.5. The Morgan fingerprint density at radius 3 is 2.71 bits per heavy atom. The molecular formula is C15H27N3O3. The lowest BCUT2D eigenvalue weighted by Gasteiger charge is -2.23. The molecule has 120 valence electrons. The van der Waals surface area contributed by atoms with Crippen molar-refractivity contribution in [2.75, 3.05) is 6.54 Å². The predicted octanol–water partition coefficient (Wildman–Crippen LogP) is 2.64. The molecule has 1 heterocycles. The Labute approximate surface area is 126 Å². The summed E-state index contributed by atoms with van der Waals surface area (Å²) in [4.78, 5) is 14.9. The van der Waals surface area contributed by atoms with Crippen molar-refractivity contribution in [1.29, 1.82) is 0 Å². The Balaban J connectivity index is 2.24. The molecule has 0 bridgehead atoms. The highest BCUT2D eigenvalue weighted by Crippen LogP contribution is 2.25. The zero-order valence-electron chi connectivity index (χ0n) is 13.5. The number of nitrogens with one attached hydrogen (secondary N) is 1. The third kappa shape index (κ3) is 7.80. The molecule has 0 saturated carbocycles. The van der Waals surface area contributed by atoms with E-state index in [1.54, 1.807) is 0 Å². The Morgan fingerprint density at radius 2 is 2.10 bits per heavy atom. The summed E-state index contributed by atoms with van der Waals surface area (Å²) in [5.41, 5.74) is 0.0193. The van der Waals surface area contributed by atoms with E-state index in [0.29, 0.717) is 30.6 Å². The van der Waals surface area contributed by atoms with Crippen LogP contribution in [0.1, 0.15) is 58.7 Å². The molecule has 1 aromatic rings. The third-order valence-corrected chi connectivity index (χ3v) is 3.37. The van der Waals surface area contributed by atoms with Gasteiger partial charge in [-0.15, -0.1) is 0 Å². The molecule has 6 nitrogen and oxygen atoms in total. The summed E-state index contributed by atoms with van der Waals surface area (Å²) in [7, 11) is 0. The van der Waals surface area contributed by atoms with E-state index in [2.05, 4.69) is 43.2 Å². The van der Waals surface area contributed by atoms with Crippen molar-refractivity contribution in [3.8, 4) is 0 Å². The van der Waals surface area contributed by atoms with E-state index in [9.17, 15) is 4.79 Å². The lowest BCUT2D eigenvalue weighted by atomic mass is 9.84. The molecule has 0 amide bonds. The van der Waals surface area contributed by atoms with Crippen molar-refractivity contribution in [2.45, 2.75) is 59.9 Å². The lowest BCUT2D eigenvalue weighted by molar-refractivity contribution is -0.137. The van der Waals surface area contributed by atoms with Gasteiger partial charge in [0, 0.05) is 12.8 Å². The molecule has 0 saturated heterocycles. The largest absolute Gasteiger partial charge is 0.481 e. The van der Waals surface area contributed by atoms with Gasteiger partial charge in [-0.25, -0.2) is 0 Å². The van der Waals surface area contributed by atoms with E-state index in [1.165, 1.54) is 0 Å². The molecule has 2 N–H and O–H groups in total. The SMILES string of the molecule is CC(C)Cc1nc(CNCCC(C)(C)CCC(=O)O)no1. The molecule has 0 aromatic carbocycles. The van der Waals surface area contributed by atoms with Crippen molar-refractivity contribution in [3.05, 3.63) is 11.7 Å². The van der Waals surface area contributed by atoms with Gasteiger partial charge in [0.1, 0.15) is 0 Å². The molecule has 21 heavy (non-hydrogen) atoms. The second kappa shape index (κ2) is 8.12. The topological polar surface area (TPSA) is 88.2 Å². The van der Waals surface area contributed by atoms with E-state index < -0.39 is 5.97 Å². The molecule has 0 aliphatic rings. The number of nitrogens with zero attached hydrogens (tertiary/aromatic N) is 2. The number of aromatic nitrogens is 2. The molecule has 0 radical (unpaired) electrons. The fourth-order valence-corrected chi connectivity index (χ4v) is 1.99. The Bertz CT molecular complexity index is 441. The average molecular weight is 297 g/mol. The van der Waals surface area contributed by atoms with Crippen LogP contribution in [0.5, 0.6) is 0 Å².